The van der Waals surface area contributed by atoms with Gasteiger partial charge >= 0.3 is 12.3 Å². The highest BCUT2D eigenvalue weighted by Gasteiger charge is 2.21. The summed E-state index contributed by atoms with van der Waals surface area (Å²) in [4.78, 5) is 33.5. The summed E-state index contributed by atoms with van der Waals surface area (Å²) in [5.41, 5.74) is 12.3. The van der Waals surface area contributed by atoms with Crippen LogP contribution in [0.15, 0.2) is 48.5 Å². The van der Waals surface area contributed by atoms with Crippen LogP contribution in [0, 0.1) is 0 Å². The third kappa shape index (κ3) is 13.8. The van der Waals surface area contributed by atoms with Gasteiger partial charge in [-0.05, 0) is 51.5 Å². The lowest BCUT2D eigenvalue weighted by Gasteiger charge is -2.26. The van der Waals surface area contributed by atoms with Crippen molar-refractivity contribution in [2.75, 3.05) is 48.2 Å². The quantitative estimate of drug-likeness (QED) is 0.0772. The van der Waals surface area contributed by atoms with E-state index in [9.17, 15) is 9.59 Å². The summed E-state index contributed by atoms with van der Waals surface area (Å²) in [5, 5.41) is 1.49. The SMILES string of the molecule is CC.CC(CCOC(C)(C)CCOC(=O)ON(N)c1ccccc1N)OCCOC(=O)ON(N)c1ccccc1N. The van der Waals surface area contributed by atoms with E-state index in [0.29, 0.717) is 42.2 Å². The Morgan fingerprint density at radius 1 is 0.780 bits per heavy atom. The van der Waals surface area contributed by atoms with E-state index in [1.54, 1.807) is 48.5 Å². The Morgan fingerprint density at radius 3 is 1.73 bits per heavy atom. The van der Waals surface area contributed by atoms with Crippen molar-refractivity contribution >= 4 is 35.1 Å². The molecule has 2 rings (SSSR count). The summed E-state index contributed by atoms with van der Waals surface area (Å²) in [6.45, 7) is 10.2. The normalized spacial score (nSPS) is 11.4. The summed E-state index contributed by atoms with van der Waals surface area (Å²) in [7, 11) is 0. The Morgan fingerprint density at radius 2 is 1.24 bits per heavy atom. The van der Waals surface area contributed by atoms with Gasteiger partial charge in [-0.2, -0.15) is 0 Å². The van der Waals surface area contributed by atoms with Crippen molar-refractivity contribution in [2.45, 2.75) is 59.2 Å². The molecule has 0 bridgehead atoms. The molecule has 0 fully saturated rings. The molecule has 0 amide bonds. The topological polar surface area (TPSA) is 200 Å². The number of para-hydroxylation sites is 4. The minimum atomic E-state index is -0.989. The number of nitrogens with zero attached hydrogens (tertiary/aromatic N) is 2. The molecule has 0 aromatic heterocycles. The van der Waals surface area contributed by atoms with Crippen LogP contribution in [0.1, 0.15) is 47.5 Å². The molecular weight excluding hydrogens is 536 g/mol. The molecule has 0 aliphatic carbocycles. The molecule has 2 aromatic rings. The first-order chi connectivity index (χ1) is 19.5. The van der Waals surface area contributed by atoms with Crippen molar-refractivity contribution in [3.8, 4) is 0 Å². The van der Waals surface area contributed by atoms with E-state index >= 15 is 0 Å². The number of carbonyl (C=O) groups is 2. The Kier molecular flexibility index (Phi) is 15.7. The van der Waals surface area contributed by atoms with Gasteiger partial charge in [0, 0.05) is 13.0 Å². The van der Waals surface area contributed by atoms with Gasteiger partial charge < -0.3 is 30.4 Å². The summed E-state index contributed by atoms with van der Waals surface area (Å²) in [5.74, 6) is 11.4. The van der Waals surface area contributed by atoms with Crippen LogP contribution in [0.2, 0.25) is 0 Å². The Bertz CT molecular complexity index is 1060. The minimum Gasteiger partial charge on any atom is -0.433 e. The van der Waals surface area contributed by atoms with Gasteiger partial charge in [0.15, 0.2) is 0 Å². The number of hydrogen-bond acceptors (Lipinski definition) is 14. The minimum absolute atomic E-state index is 0.0296. The smallest absolute Gasteiger partial charge is 0.433 e. The molecular formula is C27H44N6O8. The fraction of sp³-hybridized carbons (Fsp3) is 0.481. The molecule has 0 aliphatic rings. The largest absolute Gasteiger partial charge is 0.534 e. The van der Waals surface area contributed by atoms with Crippen molar-refractivity contribution in [1.29, 1.82) is 0 Å². The molecule has 14 heteroatoms. The zero-order chi connectivity index (χ0) is 30.8. The van der Waals surface area contributed by atoms with Crippen molar-refractivity contribution < 1.29 is 38.2 Å². The number of nitrogen functional groups attached to an aromatic ring is 2. The lowest BCUT2D eigenvalue weighted by atomic mass is 10.1. The molecule has 0 aliphatic heterocycles. The van der Waals surface area contributed by atoms with Gasteiger partial charge in [0.05, 0.1) is 36.3 Å². The maximum atomic E-state index is 11.9. The fourth-order valence-corrected chi connectivity index (χ4v) is 3.10. The van der Waals surface area contributed by atoms with Crippen LogP contribution in [0.4, 0.5) is 32.3 Å². The van der Waals surface area contributed by atoms with Gasteiger partial charge in [0.25, 0.3) is 0 Å². The van der Waals surface area contributed by atoms with Crippen molar-refractivity contribution in [2.24, 2.45) is 11.7 Å². The van der Waals surface area contributed by atoms with E-state index in [-0.39, 0.29) is 25.9 Å². The molecule has 1 unspecified atom stereocenters. The van der Waals surface area contributed by atoms with Crippen LogP contribution in [0.5, 0.6) is 0 Å². The van der Waals surface area contributed by atoms with E-state index in [1.807, 2.05) is 34.6 Å². The zero-order valence-corrected chi connectivity index (χ0v) is 24.4. The summed E-state index contributed by atoms with van der Waals surface area (Å²) >= 11 is 0. The van der Waals surface area contributed by atoms with Crippen LogP contribution in [0.3, 0.4) is 0 Å². The van der Waals surface area contributed by atoms with Crippen LogP contribution >= 0.6 is 0 Å². The summed E-state index contributed by atoms with van der Waals surface area (Å²) in [6.07, 6.45) is -1.12. The third-order valence-corrected chi connectivity index (χ3v) is 5.34. The van der Waals surface area contributed by atoms with Crippen LogP contribution < -0.4 is 33.5 Å². The maximum absolute atomic E-state index is 11.9. The molecule has 0 saturated heterocycles. The van der Waals surface area contributed by atoms with Crippen molar-refractivity contribution in [3.63, 3.8) is 0 Å². The number of nitrogens with two attached hydrogens (primary N) is 4. The van der Waals surface area contributed by atoms with Gasteiger partial charge in [0.2, 0.25) is 0 Å². The third-order valence-electron chi connectivity index (χ3n) is 5.34. The molecule has 0 spiro atoms. The van der Waals surface area contributed by atoms with Crippen LogP contribution in [0.25, 0.3) is 0 Å². The average molecular weight is 581 g/mol. The monoisotopic (exact) mass is 580 g/mol. The van der Waals surface area contributed by atoms with Gasteiger partial charge in [-0.15, -0.1) is 10.3 Å². The van der Waals surface area contributed by atoms with E-state index in [0.717, 1.165) is 10.3 Å². The van der Waals surface area contributed by atoms with Gasteiger partial charge in [0.1, 0.15) is 18.0 Å². The van der Waals surface area contributed by atoms with Gasteiger partial charge in [-0.1, -0.05) is 38.1 Å². The van der Waals surface area contributed by atoms with E-state index < -0.39 is 17.9 Å². The number of anilines is 4. The standard InChI is InChI=1S/C25H38N6O8.C2H6/c1-18(34-16-17-36-24(33)39-31(29)22-11-7-5-9-20(22)27)12-14-37-25(2,3)13-15-35-23(32)38-30(28)21-10-6-4-8-19(21)26;1-2/h4-11,18H,12-17,26-29H2,1-3H3;1-2H3. The number of benzene rings is 2. The molecule has 230 valence electrons. The molecule has 2 aromatic carbocycles. The average Bonchev–Trinajstić information content (AvgIpc) is 2.92. The molecule has 0 radical (unpaired) electrons. The van der Waals surface area contributed by atoms with Gasteiger partial charge in [-0.25, -0.2) is 21.3 Å². The summed E-state index contributed by atoms with van der Waals surface area (Å²) in [6, 6.07) is 13.3. The van der Waals surface area contributed by atoms with E-state index in [2.05, 4.69) is 0 Å². The second kappa shape index (κ2) is 18.4. The highest BCUT2D eigenvalue weighted by Crippen LogP contribution is 2.21. The predicted octanol–water partition coefficient (Wildman–Crippen LogP) is 4.05. The maximum Gasteiger partial charge on any atom is 0.534 e. The first-order valence-corrected chi connectivity index (χ1v) is 13.2. The molecule has 41 heavy (non-hydrogen) atoms. The van der Waals surface area contributed by atoms with E-state index in [4.69, 9.17) is 51.8 Å². The highest BCUT2D eigenvalue weighted by molar-refractivity contribution is 5.69. The Hall–Kier alpha value is -3.98. The second-order valence-corrected chi connectivity index (χ2v) is 8.98. The lowest BCUT2D eigenvalue weighted by molar-refractivity contribution is -0.0582. The first kappa shape index (κ1) is 35.0. The Balaban J connectivity index is 0.00000411. The molecule has 8 N–H and O–H groups in total. The fourth-order valence-electron chi connectivity index (χ4n) is 3.10. The van der Waals surface area contributed by atoms with Crippen molar-refractivity contribution in [3.05, 3.63) is 48.5 Å². The van der Waals surface area contributed by atoms with Crippen molar-refractivity contribution in [1.82, 2.24) is 0 Å². The second-order valence-electron chi connectivity index (χ2n) is 8.98. The number of hydrogen-bond donors (Lipinski definition) is 4. The molecule has 1 atom stereocenters. The van der Waals surface area contributed by atoms with E-state index in [1.165, 1.54) is 0 Å². The summed E-state index contributed by atoms with van der Waals surface area (Å²) < 4.78 is 21.5. The Labute approximate surface area is 241 Å². The number of carbonyl (C=O) groups excluding carboxylic acids is 2. The molecule has 14 nitrogen and oxygen atoms in total. The number of hydrazine groups is 2. The number of ether oxygens (including phenoxy) is 4. The predicted molar refractivity (Wildman–Crippen MR) is 156 cm³/mol. The van der Waals surface area contributed by atoms with Gasteiger partial charge in [-0.3, -0.25) is 9.68 Å². The zero-order valence-electron chi connectivity index (χ0n) is 24.4. The van der Waals surface area contributed by atoms with Crippen LogP contribution in [-0.4, -0.2) is 50.4 Å². The molecule has 0 heterocycles. The first-order valence-electron chi connectivity index (χ1n) is 13.2. The van der Waals surface area contributed by atoms with Crippen LogP contribution in [-0.2, 0) is 28.6 Å². The molecule has 0 saturated carbocycles. The highest BCUT2D eigenvalue weighted by atomic mass is 16.8. The lowest BCUT2D eigenvalue weighted by Crippen LogP contribution is -2.35. The number of rotatable bonds is 15.